The van der Waals surface area contributed by atoms with Crippen molar-refractivity contribution in [2.75, 3.05) is 58.9 Å². The summed E-state index contributed by atoms with van der Waals surface area (Å²) < 4.78 is 0. The Morgan fingerprint density at radius 1 is 0.301 bits per heavy atom. The van der Waals surface area contributed by atoms with Crippen molar-refractivity contribution in [3.05, 3.63) is 36.5 Å². The van der Waals surface area contributed by atoms with Gasteiger partial charge in [-0.25, -0.2) is 0 Å². The van der Waals surface area contributed by atoms with Gasteiger partial charge in [-0.1, -0.05) is 224 Å². The Kier molecular flexibility index (Phi) is 68.8. The van der Waals surface area contributed by atoms with Crippen LogP contribution in [0.4, 0.5) is 0 Å². The molecule has 0 heterocycles. The highest BCUT2D eigenvalue weighted by molar-refractivity contribution is 5.83. The van der Waals surface area contributed by atoms with Gasteiger partial charge in [0.1, 0.15) is 5.78 Å². The van der Waals surface area contributed by atoms with Crippen LogP contribution < -0.4 is 28.3 Å². The van der Waals surface area contributed by atoms with Gasteiger partial charge in [-0.3, -0.25) is 24.0 Å². The minimum atomic E-state index is -0.563. The number of rotatable bonds is 73. The molecule has 0 aliphatic rings. The second-order valence-corrected chi connectivity index (χ2v) is 27.6. The van der Waals surface area contributed by atoms with Gasteiger partial charge in [-0.2, -0.15) is 0 Å². The molecule has 0 unspecified atom stereocenters. The Balaban J connectivity index is 5.90. The maximum absolute atomic E-state index is 14.2. The van der Waals surface area contributed by atoms with Gasteiger partial charge < -0.3 is 43.0 Å². The number of nitrogens with two attached hydrogens (primary N) is 4. The summed E-state index contributed by atoms with van der Waals surface area (Å²) >= 11 is 0. The molecule has 544 valence electrons. The van der Waals surface area contributed by atoms with Crippen LogP contribution in [-0.2, 0) is 24.0 Å². The number of ketones is 1. The zero-order valence-electron chi connectivity index (χ0n) is 61.6. The van der Waals surface area contributed by atoms with Crippen molar-refractivity contribution in [1.29, 1.82) is 0 Å². The Hall–Kier alpha value is -3.39. The van der Waals surface area contributed by atoms with Crippen LogP contribution in [0.5, 0.6) is 0 Å². The molecule has 0 aromatic heterocycles. The van der Waals surface area contributed by atoms with E-state index in [-0.39, 0.29) is 29.4 Å². The van der Waals surface area contributed by atoms with Crippen LogP contribution in [0.3, 0.4) is 0 Å². The van der Waals surface area contributed by atoms with E-state index in [0.717, 1.165) is 122 Å². The third-order valence-corrected chi connectivity index (χ3v) is 18.7. The van der Waals surface area contributed by atoms with Crippen LogP contribution in [0.2, 0.25) is 0 Å². The van der Waals surface area contributed by atoms with Gasteiger partial charge in [0.25, 0.3) is 0 Å². The van der Waals surface area contributed by atoms with E-state index in [1.165, 1.54) is 173 Å². The van der Waals surface area contributed by atoms with Gasteiger partial charge in [-0.15, -0.1) is 0 Å². The molecule has 0 rings (SSSR count). The van der Waals surface area contributed by atoms with Crippen LogP contribution in [0.15, 0.2) is 36.5 Å². The number of amides is 4. The van der Waals surface area contributed by atoms with Crippen molar-refractivity contribution in [2.24, 2.45) is 22.9 Å². The second-order valence-electron chi connectivity index (χ2n) is 27.6. The molecule has 13 nitrogen and oxygen atoms in total. The van der Waals surface area contributed by atoms with Crippen LogP contribution >= 0.6 is 0 Å². The molecule has 93 heavy (non-hydrogen) atoms. The first kappa shape index (κ1) is 89.6. The number of nitrogens with zero attached hydrogens (tertiary/aromatic N) is 3. The van der Waals surface area contributed by atoms with Gasteiger partial charge in [0.2, 0.25) is 23.6 Å². The molecule has 0 saturated carbocycles. The monoisotopic (exact) mass is 1310 g/mol. The smallest absolute Gasteiger partial charge is 0.236 e. The number of carbonyl (C=O) groups is 5. The van der Waals surface area contributed by atoms with E-state index >= 15 is 0 Å². The number of nitrogens with one attached hydrogen (secondary N) is 1. The number of hydrogen-bond donors (Lipinski definition) is 5. The summed E-state index contributed by atoms with van der Waals surface area (Å²) in [5, 5.41) is 3.01. The Morgan fingerprint density at radius 3 is 0.903 bits per heavy atom. The van der Waals surface area contributed by atoms with Gasteiger partial charge in [-0.05, 0) is 174 Å². The van der Waals surface area contributed by atoms with Crippen molar-refractivity contribution in [2.45, 2.75) is 386 Å². The Bertz CT molecular complexity index is 1780. The fourth-order valence-electron chi connectivity index (χ4n) is 12.4. The van der Waals surface area contributed by atoms with Crippen molar-refractivity contribution in [3.8, 4) is 0 Å². The molecule has 2 atom stereocenters. The number of allylic oxidation sites excluding steroid dienone is 6. The third kappa shape index (κ3) is 60.7. The maximum atomic E-state index is 14.2. The Labute approximate surface area is 574 Å². The van der Waals surface area contributed by atoms with E-state index in [4.69, 9.17) is 22.9 Å². The average molecular weight is 1310 g/mol. The fraction of sp³-hybridized carbons (Fsp3) is 0.863. The second kappa shape index (κ2) is 71.4. The number of unbranched alkanes of at least 4 members (excludes halogenated alkanes) is 37. The first-order chi connectivity index (χ1) is 45.6. The van der Waals surface area contributed by atoms with E-state index < -0.39 is 12.1 Å². The molecule has 0 aromatic rings. The molecule has 0 aromatic carbocycles. The summed E-state index contributed by atoms with van der Waals surface area (Å²) in [4.78, 5) is 74.0. The Morgan fingerprint density at radius 2 is 0.570 bits per heavy atom. The minimum absolute atomic E-state index is 0.0866. The molecular weight excluding hydrogens is 1150 g/mol. The highest BCUT2D eigenvalue weighted by Gasteiger charge is 2.20. The van der Waals surface area contributed by atoms with Gasteiger partial charge >= 0.3 is 0 Å². The van der Waals surface area contributed by atoms with E-state index in [1.807, 2.05) is 14.7 Å². The lowest BCUT2D eigenvalue weighted by Crippen LogP contribution is -2.42. The number of hydrogen-bond acceptors (Lipinski definition) is 9. The molecule has 0 spiro atoms. The van der Waals surface area contributed by atoms with E-state index in [2.05, 4.69) is 62.5 Å². The topological polar surface area (TPSA) is 211 Å². The molecular formula is C80H154N8O5. The lowest BCUT2D eigenvalue weighted by molar-refractivity contribution is -0.133. The van der Waals surface area contributed by atoms with E-state index in [0.29, 0.717) is 117 Å². The van der Waals surface area contributed by atoms with Crippen LogP contribution in [0, 0.1) is 0 Å². The fourth-order valence-corrected chi connectivity index (χ4v) is 12.4. The molecule has 9 N–H and O–H groups in total. The summed E-state index contributed by atoms with van der Waals surface area (Å²) in [5.41, 5.74) is 23.8. The molecule has 0 bridgehead atoms. The molecule has 13 heteroatoms. The van der Waals surface area contributed by atoms with Gasteiger partial charge in [0.05, 0.1) is 12.1 Å². The first-order valence-electron chi connectivity index (χ1n) is 40.1. The highest BCUT2D eigenvalue weighted by Crippen LogP contribution is 2.17. The van der Waals surface area contributed by atoms with Crippen LogP contribution in [0.1, 0.15) is 374 Å². The zero-order chi connectivity index (χ0) is 68.0. The zero-order valence-corrected chi connectivity index (χ0v) is 61.6. The van der Waals surface area contributed by atoms with Crippen molar-refractivity contribution >= 4 is 29.4 Å². The van der Waals surface area contributed by atoms with Crippen LogP contribution in [-0.4, -0.2) is 115 Å². The molecule has 4 amide bonds. The maximum Gasteiger partial charge on any atom is 0.236 e. The van der Waals surface area contributed by atoms with E-state index in [9.17, 15) is 24.0 Å². The molecule has 0 aliphatic carbocycles. The van der Waals surface area contributed by atoms with Crippen LogP contribution in [0.25, 0.3) is 0 Å². The normalized spacial score (nSPS) is 12.4. The minimum Gasteiger partial charge on any atom is -0.355 e. The summed E-state index contributed by atoms with van der Waals surface area (Å²) in [6.45, 7) is 11.9. The molecule has 0 aliphatic heterocycles. The highest BCUT2D eigenvalue weighted by atomic mass is 16.2. The SMILES string of the molecule is CCCCCCCC/C=C\CCCCCCCC(=O)N(CCCCN(CCCN(CCCCC(=O)[C@H](N)CCCCN)C(=O)CCCCCCC/C=C\CCCCCCCC)C(=O)CCCCCCC/C=C\CCCCCCCC)CCCNC(=O)[C@H](N)CCCCN. The summed E-state index contributed by atoms with van der Waals surface area (Å²) in [7, 11) is 0. The predicted octanol–water partition coefficient (Wildman–Crippen LogP) is 18.9. The molecule has 0 radical (unpaired) electrons. The predicted molar refractivity (Wildman–Crippen MR) is 400 cm³/mol. The number of Topliss-reactive ketones (excluding diaryl/α,β-unsaturated/α-hetero) is 1. The van der Waals surface area contributed by atoms with Crippen molar-refractivity contribution in [1.82, 2.24) is 20.0 Å². The average Bonchev–Trinajstić information content (AvgIpc) is 2.78. The summed E-state index contributed by atoms with van der Waals surface area (Å²) in [6.07, 6.45) is 72.3. The summed E-state index contributed by atoms with van der Waals surface area (Å²) in [5.74, 6) is 0.436. The number of carbonyl (C=O) groups excluding carboxylic acids is 5. The molecule has 0 fully saturated rings. The van der Waals surface area contributed by atoms with Crippen molar-refractivity contribution in [3.63, 3.8) is 0 Å². The largest absolute Gasteiger partial charge is 0.355 e. The summed E-state index contributed by atoms with van der Waals surface area (Å²) in [6, 6.07) is -1.02. The standard InChI is InChI=1S/C80H154N8O5/c1-4-7-10-13-16-19-22-25-28-31-34-37-40-43-46-62-77(90)86(71-57-67-85-80(93)75(84)60-50-53-66-82)69-55-56-70-88(79(92)64-48-45-42-39-36-33-30-27-24-21-18-15-12-9-6-3)73-58-72-87(68-54-51-61-76(89)74(83)59-49-52-65-81)78(91)63-47-44-41-38-35-32-29-26-23-20-17-14-11-8-5-2/h25-30,74-75H,4-24,31-73,81-84H2,1-3H3,(H,85,93)/b28-25-,29-26-,30-27-/t74-,75-/m1/s1. The third-order valence-electron chi connectivity index (χ3n) is 18.7. The quantitative estimate of drug-likeness (QED) is 0.0289. The lowest BCUT2D eigenvalue weighted by atomic mass is 10.0. The van der Waals surface area contributed by atoms with E-state index in [1.54, 1.807) is 0 Å². The van der Waals surface area contributed by atoms with Gasteiger partial charge in [0, 0.05) is 71.5 Å². The lowest BCUT2D eigenvalue weighted by Gasteiger charge is -2.27. The van der Waals surface area contributed by atoms with Crippen molar-refractivity contribution < 1.29 is 24.0 Å². The first-order valence-corrected chi connectivity index (χ1v) is 40.1. The van der Waals surface area contributed by atoms with Gasteiger partial charge in [0.15, 0.2) is 0 Å². The molecule has 0 saturated heterocycles.